The van der Waals surface area contributed by atoms with Gasteiger partial charge >= 0.3 is 0 Å². The normalized spacial score (nSPS) is 19.0. The number of thiophene rings is 1. The molecule has 0 spiro atoms. The van der Waals surface area contributed by atoms with Crippen LogP contribution >= 0.6 is 23.1 Å². The molecule has 0 unspecified atom stereocenters. The Hall–Kier alpha value is -1.83. The highest BCUT2D eigenvalue weighted by Crippen LogP contribution is 2.50. The maximum absolute atomic E-state index is 12.0. The average molecular weight is 433 g/mol. The quantitative estimate of drug-likeness (QED) is 0.377. The van der Waals surface area contributed by atoms with E-state index in [2.05, 4.69) is 24.4 Å². The van der Waals surface area contributed by atoms with Crippen LogP contribution < -0.4 is 10.8 Å². The Kier molecular flexibility index (Phi) is 7.75. The summed E-state index contributed by atoms with van der Waals surface area (Å²) in [4.78, 5) is 26.3. The van der Waals surface area contributed by atoms with E-state index in [9.17, 15) is 9.59 Å². The average Bonchev–Trinajstić information content (AvgIpc) is 3.24. The Labute approximate surface area is 180 Å². The number of hydrogen-bond acceptors (Lipinski definition) is 5. The minimum Gasteiger partial charge on any atom is -0.326 e. The van der Waals surface area contributed by atoms with Crippen LogP contribution in [-0.4, -0.2) is 22.8 Å². The zero-order valence-electron chi connectivity index (χ0n) is 16.7. The fourth-order valence-electron chi connectivity index (χ4n) is 3.62. The van der Waals surface area contributed by atoms with E-state index >= 15 is 0 Å². The minimum absolute atomic E-state index is 0.0449. The molecule has 3 N–H and O–H groups in total. The molecule has 3 rings (SSSR count). The molecule has 0 saturated carbocycles. The molecule has 7 heteroatoms. The molecule has 1 atom stereocenters. The minimum atomic E-state index is -0.342. The number of hydroxylamine groups is 1. The summed E-state index contributed by atoms with van der Waals surface area (Å²) >= 11 is 3.51. The first-order chi connectivity index (χ1) is 14.1. The lowest BCUT2D eigenvalue weighted by molar-refractivity contribution is -0.129. The highest BCUT2D eigenvalue weighted by atomic mass is 32.2. The first-order valence-corrected chi connectivity index (χ1v) is 11.9. The van der Waals surface area contributed by atoms with Gasteiger partial charge in [-0.15, -0.1) is 23.1 Å². The van der Waals surface area contributed by atoms with Crippen LogP contribution in [0.4, 0.5) is 5.69 Å². The van der Waals surface area contributed by atoms with Crippen molar-refractivity contribution in [3.63, 3.8) is 0 Å². The number of hydrogen-bond donors (Lipinski definition) is 3. The van der Waals surface area contributed by atoms with Gasteiger partial charge < -0.3 is 5.32 Å². The van der Waals surface area contributed by atoms with E-state index in [1.54, 1.807) is 16.8 Å². The SMILES string of the molecule is CCCCC(=O)Nc1cccc(-c2ccc([C@@]3(CC(=O)NO)CCCCS3)s2)c1. The third kappa shape index (κ3) is 5.62. The summed E-state index contributed by atoms with van der Waals surface area (Å²) in [7, 11) is 0. The molecular weight excluding hydrogens is 404 g/mol. The molecule has 1 fully saturated rings. The lowest BCUT2D eigenvalue weighted by Gasteiger charge is -2.35. The fourth-order valence-corrected chi connectivity index (χ4v) is 6.51. The highest BCUT2D eigenvalue weighted by Gasteiger charge is 2.38. The molecule has 0 aliphatic carbocycles. The van der Waals surface area contributed by atoms with E-state index in [4.69, 9.17) is 5.21 Å². The van der Waals surface area contributed by atoms with Crippen LogP contribution in [-0.2, 0) is 14.3 Å². The zero-order chi connectivity index (χ0) is 20.7. The van der Waals surface area contributed by atoms with Crippen molar-refractivity contribution in [1.82, 2.24) is 5.48 Å². The van der Waals surface area contributed by atoms with E-state index in [0.29, 0.717) is 6.42 Å². The molecule has 2 heterocycles. The third-order valence-electron chi connectivity index (χ3n) is 5.17. The number of rotatable bonds is 8. The second kappa shape index (κ2) is 10.3. The summed E-state index contributed by atoms with van der Waals surface area (Å²) in [6, 6.07) is 12.1. The van der Waals surface area contributed by atoms with Crippen molar-refractivity contribution in [1.29, 1.82) is 0 Å². The van der Waals surface area contributed by atoms with Gasteiger partial charge in [0, 0.05) is 28.3 Å². The zero-order valence-corrected chi connectivity index (χ0v) is 18.3. The second-order valence-electron chi connectivity index (χ2n) is 7.41. The molecule has 156 valence electrons. The predicted octanol–water partition coefficient (Wildman–Crippen LogP) is 5.55. The van der Waals surface area contributed by atoms with E-state index in [1.807, 2.05) is 36.0 Å². The molecule has 1 aliphatic heterocycles. The largest absolute Gasteiger partial charge is 0.326 e. The second-order valence-corrected chi connectivity index (χ2v) is 9.97. The Balaban J connectivity index is 1.80. The standard InChI is InChI=1S/C22H28N2O3S2/c1-2-3-9-20(25)23-17-8-6-7-16(14-17)18-10-11-19(29-18)22(15-21(26)24-27)12-4-5-13-28-22/h6-8,10-11,14,27H,2-5,9,12-13,15H2,1H3,(H,23,25)(H,24,26)/t22-/m0/s1. The Bertz CT molecular complexity index is 844. The van der Waals surface area contributed by atoms with Crippen LogP contribution in [0, 0.1) is 0 Å². The predicted molar refractivity (Wildman–Crippen MR) is 120 cm³/mol. The van der Waals surface area contributed by atoms with Crippen molar-refractivity contribution in [2.75, 3.05) is 11.1 Å². The van der Waals surface area contributed by atoms with Gasteiger partial charge in [-0.25, -0.2) is 5.48 Å². The fraction of sp³-hybridized carbons (Fsp3) is 0.455. The van der Waals surface area contributed by atoms with Gasteiger partial charge in [0.1, 0.15) is 0 Å². The number of nitrogens with one attached hydrogen (secondary N) is 2. The number of benzene rings is 1. The molecule has 5 nitrogen and oxygen atoms in total. The molecule has 0 radical (unpaired) electrons. The van der Waals surface area contributed by atoms with E-state index in [-0.39, 0.29) is 23.0 Å². The van der Waals surface area contributed by atoms with Crippen molar-refractivity contribution < 1.29 is 14.8 Å². The summed E-state index contributed by atoms with van der Waals surface area (Å²) in [5.74, 6) is 0.722. The Morgan fingerprint density at radius 1 is 1.17 bits per heavy atom. The van der Waals surface area contributed by atoms with Crippen molar-refractivity contribution in [2.24, 2.45) is 0 Å². The van der Waals surface area contributed by atoms with Gasteiger partial charge in [-0.05, 0) is 54.8 Å². The summed E-state index contributed by atoms with van der Waals surface area (Å²) in [5, 5.41) is 12.0. The molecule has 2 amide bonds. The topological polar surface area (TPSA) is 78.4 Å². The van der Waals surface area contributed by atoms with Gasteiger partial charge in [-0.2, -0.15) is 0 Å². The van der Waals surface area contributed by atoms with Crippen LogP contribution in [0.25, 0.3) is 10.4 Å². The Morgan fingerprint density at radius 3 is 2.76 bits per heavy atom. The molecule has 1 saturated heterocycles. The molecule has 29 heavy (non-hydrogen) atoms. The summed E-state index contributed by atoms with van der Waals surface area (Å²) in [6.45, 7) is 2.07. The van der Waals surface area contributed by atoms with E-state index in [0.717, 1.165) is 58.9 Å². The van der Waals surface area contributed by atoms with Crippen LogP contribution in [0.15, 0.2) is 36.4 Å². The third-order valence-corrected chi connectivity index (χ3v) is 8.25. The van der Waals surface area contributed by atoms with Gasteiger partial charge in [-0.3, -0.25) is 14.8 Å². The maximum Gasteiger partial charge on any atom is 0.245 e. The highest BCUT2D eigenvalue weighted by molar-refractivity contribution is 8.00. The van der Waals surface area contributed by atoms with Gasteiger partial charge in [0.25, 0.3) is 0 Å². The van der Waals surface area contributed by atoms with E-state index in [1.165, 1.54) is 0 Å². The van der Waals surface area contributed by atoms with Crippen LogP contribution in [0.3, 0.4) is 0 Å². The van der Waals surface area contributed by atoms with Gasteiger partial charge in [0.05, 0.1) is 4.75 Å². The van der Waals surface area contributed by atoms with Crippen molar-refractivity contribution in [3.05, 3.63) is 41.3 Å². The Morgan fingerprint density at radius 2 is 2.03 bits per heavy atom. The smallest absolute Gasteiger partial charge is 0.245 e. The van der Waals surface area contributed by atoms with Gasteiger partial charge in [-0.1, -0.05) is 31.9 Å². The maximum atomic E-state index is 12.0. The first kappa shape index (κ1) is 21.9. The van der Waals surface area contributed by atoms with Crippen molar-refractivity contribution in [2.45, 2.75) is 56.6 Å². The summed E-state index contributed by atoms with van der Waals surface area (Å²) < 4.78 is -0.278. The number of carbonyl (C=O) groups is 2. The number of unbranched alkanes of at least 4 members (excludes halogenated alkanes) is 1. The molecule has 2 aromatic rings. The van der Waals surface area contributed by atoms with E-state index < -0.39 is 0 Å². The number of carbonyl (C=O) groups excluding carboxylic acids is 2. The van der Waals surface area contributed by atoms with Crippen LogP contribution in [0.1, 0.15) is 56.7 Å². The lowest BCUT2D eigenvalue weighted by atomic mass is 9.94. The first-order valence-electron chi connectivity index (χ1n) is 10.1. The molecule has 1 aliphatic rings. The van der Waals surface area contributed by atoms with Crippen molar-refractivity contribution in [3.8, 4) is 10.4 Å². The number of anilines is 1. The monoisotopic (exact) mass is 432 g/mol. The van der Waals surface area contributed by atoms with Crippen LogP contribution in [0.2, 0.25) is 0 Å². The van der Waals surface area contributed by atoms with Gasteiger partial charge in [0.15, 0.2) is 0 Å². The number of thioether (sulfide) groups is 1. The molecule has 1 aromatic heterocycles. The number of amides is 2. The molecule has 1 aromatic carbocycles. The molecule has 0 bridgehead atoms. The summed E-state index contributed by atoms with van der Waals surface area (Å²) in [6.07, 6.45) is 5.88. The van der Waals surface area contributed by atoms with Crippen LogP contribution in [0.5, 0.6) is 0 Å². The molecular formula is C22H28N2O3S2. The van der Waals surface area contributed by atoms with Crippen molar-refractivity contribution >= 4 is 40.6 Å². The lowest BCUT2D eigenvalue weighted by Crippen LogP contribution is -2.32. The van der Waals surface area contributed by atoms with Gasteiger partial charge in [0.2, 0.25) is 11.8 Å². The summed E-state index contributed by atoms with van der Waals surface area (Å²) in [5.41, 5.74) is 3.66.